The van der Waals surface area contributed by atoms with E-state index in [1.54, 1.807) is 22.8 Å². The second kappa shape index (κ2) is 7.08. The lowest BCUT2D eigenvalue weighted by Crippen LogP contribution is -2.26. The Morgan fingerprint density at radius 2 is 1.79 bits per heavy atom. The third kappa shape index (κ3) is 3.68. The molecule has 0 unspecified atom stereocenters. The lowest BCUT2D eigenvalue weighted by Gasteiger charge is -2.15. The Hall–Kier alpha value is -2.95. The first-order valence-corrected chi connectivity index (χ1v) is 7.87. The van der Waals surface area contributed by atoms with Crippen molar-refractivity contribution in [1.29, 1.82) is 0 Å². The summed E-state index contributed by atoms with van der Waals surface area (Å²) in [6.07, 6.45) is 1.70. The Kier molecular flexibility index (Phi) is 4.70. The Balaban J connectivity index is 1.68. The molecule has 0 aliphatic carbocycles. The summed E-state index contributed by atoms with van der Waals surface area (Å²) in [6, 6.07) is 18.0. The molecule has 3 rings (SSSR count). The van der Waals surface area contributed by atoms with E-state index in [0.717, 1.165) is 5.56 Å². The normalized spacial score (nSPS) is 10.6. The van der Waals surface area contributed by atoms with E-state index in [2.05, 4.69) is 29.4 Å². The molecule has 0 aliphatic heterocycles. The molecule has 3 aromatic rings. The van der Waals surface area contributed by atoms with Gasteiger partial charge in [-0.25, -0.2) is 4.68 Å². The molecular formula is C19H20N4O. The third-order valence-corrected chi connectivity index (χ3v) is 3.96. The predicted octanol–water partition coefficient (Wildman–Crippen LogP) is 2.91. The highest BCUT2D eigenvalue weighted by Gasteiger charge is 2.16. The van der Waals surface area contributed by atoms with Gasteiger partial charge in [-0.3, -0.25) is 4.79 Å². The van der Waals surface area contributed by atoms with Crippen molar-refractivity contribution in [3.8, 4) is 0 Å². The monoisotopic (exact) mass is 320 g/mol. The quantitative estimate of drug-likeness (QED) is 0.726. The smallest absolute Gasteiger partial charge is 0.276 e. The Bertz CT molecular complexity index is 826. The van der Waals surface area contributed by atoms with Gasteiger partial charge in [-0.15, -0.1) is 5.10 Å². The summed E-state index contributed by atoms with van der Waals surface area (Å²) in [5, 5.41) is 8.11. The van der Waals surface area contributed by atoms with Crippen LogP contribution in [0.5, 0.6) is 0 Å². The number of hydrogen-bond acceptors (Lipinski definition) is 3. The first-order chi connectivity index (χ1) is 11.6. The van der Waals surface area contributed by atoms with Crippen molar-refractivity contribution in [3.05, 3.63) is 83.2 Å². The lowest BCUT2D eigenvalue weighted by molar-refractivity contribution is 0.0779. The molecule has 24 heavy (non-hydrogen) atoms. The van der Waals surface area contributed by atoms with Crippen LogP contribution in [-0.2, 0) is 13.1 Å². The predicted molar refractivity (Wildman–Crippen MR) is 92.5 cm³/mol. The van der Waals surface area contributed by atoms with E-state index >= 15 is 0 Å². The van der Waals surface area contributed by atoms with Crippen LogP contribution in [0.2, 0.25) is 0 Å². The van der Waals surface area contributed by atoms with Crippen LogP contribution < -0.4 is 0 Å². The number of carbonyl (C=O) groups excluding carboxylic acids is 1. The van der Waals surface area contributed by atoms with Gasteiger partial charge < -0.3 is 4.90 Å². The minimum atomic E-state index is -0.130. The van der Waals surface area contributed by atoms with E-state index in [0.29, 0.717) is 18.8 Å². The molecule has 0 bridgehead atoms. The zero-order chi connectivity index (χ0) is 16.9. The van der Waals surface area contributed by atoms with Crippen molar-refractivity contribution in [2.24, 2.45) is 0 Å². The van der Waals surface area contributed by atoms with E-state index in [9.17, 15) is 4.79 Å². The van der Waals surface area contributed by atoms with Crippen LogP contribution in [0.4, 0.5) is 0 Å². The molecule has 0 saturated heterocycles. The van der Waals surface area contributed by atoms with Crippen LogP contribution in [0.15, 0.2) is 60.8 Å². The fourth-order valence-electron chi connectivity index (χ4n) is 2.56. The minimum Gasteiger partial charge on any atom is -0.336 e. The number of rotatable bonds is 5. The highest BCUT2D eigenvalue weighted by atomic mass is 16.2. The van der Waals surface area contributed by atoms with Crippen LogP contribution >= 0.6 is 0 Å². The van der Waals surface area contributed by atoms with Gasteiger partial charge in [0.1, 0.15) is 0 Å². The molecule has 1 amide bonds. The molecule has 0 spiro atoms. The number of carbonyl (C=O) groups is 1. The molecule has 0 saturated carbocycles. The first-order valence-electron chi connectivity index (χ1n) is 7.87. The van der Waals surface area contributed by atoms with Gasteiger partial charge >= 0.3 is 0 Å². The standard InChI is InChI=1S/C19H20N4O/c1-15-8-6-7-11-17(15)13-23-14-18(20-21-23)19(24)22(2)12-16-9-4-3-5-10-16/h3-11,14H,12-13H2,1-2H3. The number of nitrogens with zero attached hydrogens (tertiary/aromatic N) is 4. The molecule has 0 fully saturated rings. The summed E-state index contributed by atoms with van der Waals surface area (Å²) in [7, 11) is 1.77. The van der Waals surface area contributed by atoms with Gasteiger partial charge in [-0.1, -0.05) is 59.8 Å². The number of amides is 1. The van der Waals surface area contributed by atoms with Crippen LogP contribution in [0.25, 0.3) is 0 Å². The fraction of sp³-hybridized carbons (Fsp3) is 0.211. The van der Waals surface area contributed by atoms with Crippen molar-refractivity contribution in [3.63, 3.8) is 0 Å². The number of hydrogen-bond donors (Lipinski definition) is 0. The average molecular weight is 320 g/mol. The van der Waals surface area contributed by atoms with Gasteiger partial charge in [0.2, 0.25) is 0 Å². The molecule has 5 nitrogen and oxygen atoms in total. The Morgan fingerprint density at radius 1 is 1.08 bits per heavy atom. The van der Waals surface area contributed by atoms with Crippen LogP contribution in [0.1, 0.15) is 27.2 Å². The average Bonchev–Trinajstić information content (AvgIpc) is 3.05. The zero-order valence-electron chi connectivity index (χ0n) is 13.9. The number of aromatic nitrogens is 3. The highest BCUT2D eigenvalue weighted by molar-refractivity contribution is 5.91. The lowest BCUT2D eigenvalue weighted by atomic mass is 10.1. The van der Waals surface area contributed by atoms with E-state index in [-0.39, 0.29) is 5.91 Å². The van der Waals surface area contributed by atoms with Crippen molar-refractivity contribution in [1.82, 2.24) is 19.9 Å². The van der Waals surface area contributed by atoms with Gasteiger partial charge in [0, 0.05) is 13.6 Å². The van der Waals surface area contributed by atoms with E-state index < -0.39 is 0 Å². The summed E-state index contributed by atoms with van der Waals surface area (Å²) in [4.78, 5) is 14.1. The molecule has 2 aromatic carbocycles. The SMILES string of the molecule is Cc1ccccc1Cn1cc(C(=O)N(C)Cc2ccccc2)nn1. The zero-order valence-corrected chi connectivity index (χ0v) is 13.9. The third-order valence-electron chi connectivity index (χ3n) is 3.96. The summed E-state index contributed by atoms with van der Waals surface area (Å²) < 4.78 is 1.70. The minimum absolute atomic E-state index is 0.130. The molecule has 0 radical (unpaired) electrons. The van der Waals surface area contributed by atoms with Crippen LogP contribution in [0, 0.1) is 6.92 Å². The molecule has 1 heterocycles. The van der Waals surface area contributed by atoms with E-state index in [4.69, 9.17) is 0 Å². The van der Waals surface area contributed by atoms with Gasteiger partial charge in [-0.05, 0) is 23.6 Å². The van der Waals surface area contributed by atoms with Crippen molar-refractivity contribution < 1.29 is 4.79 Å². The maximum absolute atomic E-state index is 12.5. The maximum Gasteiger partial charge on any atom is 0.276 e. The van der Waals surface area contributed by atoms with Crippen LogP contribution in [0.3, 0.4) is 0 Å². The van der Waals surface area contributed by atoms with Gasteiger partial charge in [-0.2, -0.15) is 0 Å². The van der Waals surface area contributed by atoms with Crippen LogP contribution in [-0.4, -0.2) is 32.8 Å². The van der Waals surface area contributed by atoms with Gasteiger partial charge in [0.25, 0.3) is 5.91 Å². The second-order valence-electron chi connectivity index (χ2n) is 5.87. The highest BCUT2D eigenvalue weighted by Crippen LogP contribution is 2.10. The first kappa shape index (κ1) is 15.9. The van der Waals surface area contributed by atoms with Crippen molar-refractivity contribution in [2.75, 3.05) is 7.05 Å². The largest absolute Gasteiger partial charge is 0.336 e. The summed E-state index contributed by atoms with van der Waals surface area (Å²) in [5.74, 6) is -0.130. The summed E-state index contributed by atoms with van der Waals surface area (Å²) in [6.45, 7) is 3.21. The molecule has 0 atom stereocenters. The Morgan fingerprint density at radius 3 is 2.54 bits per heavy atom. The maximum atomic E-state index is 12.5. The molecule has 0 N–H and O–H groups in total. The topological polar surface area (TPSA) is 51.0 Å². The van der Waals surface area contributed by atoms with Crippen molar-refractivity contribution in [2.45, 2.75) is 20.0 Å². The molecule has 5 heteroatoms. The second-order valence-corrected chi connectivity index (χ2v) is 5.87. The van der Waals surface area contributed by atoms with Crippen molar-refractivity contribution >= 4 is 5.91 Å². The number of aryl methyl sites for hydroxylation is 1. The van der Waals surface area contributed by atoms with E-state index in [1.165, 1.54) is 11.1 Å². The molecule has 1 aromatic heterocycles. The Labute approximate surface area is 141 Å². The fourth-order valence-corrected chi connectivity index (χ4v) is 2.56. The van der Waals surface area contributed by atoms with Gasteiger partial charge in [0.05, 0.1) is 12.7 Å². The summed E-state index contributed by atoms with van der Waals surface area (Å²) >= 11 is 0. The number of benzene rings is 2. The van der Waals surface area contributed by atoms with E-state index in [1.807, 2.05) is 42.5 Å². The summed E-state index contributed by atoms with van der Waals surface area (Å²) in [5.41, 5.74) is 3.81. The molecular weight excluding hydrogens is 300 g/mol. The van der Waals surface area contributed by atoms with Gasteiger partial charge in [0.15, 0.2) is 5.69 Å². The molecule has 0 aliphatic rings. The molecule has 122 valence electrons.